The molecule has 0 aliphatic carbocycles. The molecule has 9 aromatic carbocycles. The molecule has 0 unspecified atom stereocenters. The van der Waals surface area contributed by atoms with Gasteiger partial charge in [0.25, 0.3) is 26.4 Å². The number of nitro benzene ring substituents is 2. The molecule has 0 atom stereocenters. The van der Waals surface area contributed by atoms with Crippen molar-refractivity contribution in [3.8, 4) is 17.2 Å². The van der Waals surface area contributed by atoms with Gasteiger partial charge in [0.2, 0.25) is 0 Å². The number of rotatable bonds is 14. The van der Waals surface area contributed by atoms with Gasteiger partial charge in [0, 0.05) is 12.1 Å². The molecule has 0 spiro atoms. The summed E-state index contributed by atoms with van der Waals surface area (Å²) in [6.45, 7) is 0. The highest BCUT2D eigenvalue weighted by Crippen LogP contribution is 2.57. The van der Waals surface area contributed by atoms with Gasteiger partial charge in [-0.1, -0.05) is 121 Å². The van der Waals surface area contributed by atoms with E-state index in [-0.39, 0.29) is 29.6 Å². The fraction of sp³-hybridized carbons (Fsp3) is 0.0357. The van der Waals surface area contributed by atoms with Crippen LogP contribution in [-0.2, 0) is 12.4 Å². The van der Waals surface area contributed by atoms with E-state index in [4.69, 9.17) is 9.05 Å². The Morgan fingerprint density at radius 1 is 0.355 bits per heavy atom. The van der Waals surface area contributed by atoms with Crippen LogP contribution >= 0.6 is 15.0 Å². The van der Waals surface area contributed by atoms with E-state index in [0.29, 0.717) is 11.5 Å². The zero-order valence-electron chi connectivity index (χ0n) is 39.5. The van der Waals surface area contributed by atoms with Gasteiger partial charge >= 0.3 is 12.4 Å². The largest absolute Gasteiger partial charge is 0.860 e. The minimum atomic E-state index is -5.05. The van der Waals surface area contributed by atoms with Gasteiger partial charge in [0.1, 0.15) is 39.1 Å². The van der Waals surface area contributed by atoms with Crippen LogP contribution in [0.4, 0.5) is 37.7 Å². The summed E-state index contributed by atoms with van der Waals surface area (Å²) in [4.78, 5) is 21.8. The summed E-state index contributed by atoms with van der Waals surface area (Å²) in [5.74, 6) is -0.125. The Hall–Kier alpha value is -8.40. The minimum Gasteiger partial charge on any atom is -0.860 e. The molecule has 0 bridgehead atoms. The van der Waals surface area contributed by atoms with Crippen LogP contribution in [0.3, 0.4) is 0 Å². The summed E-state index contributed by atoms with van der Waals surface area (Å²) in [7, 11) is -8.11. The predicted molar refractivity (Wildman–Crippen MR) is 281 cm³/mol. The van der Waals surface area contributed by atoms with Gasteiger partial charge in [-0.3, -0.25) is 20.2 Å². The average Bonchev–Trinajstić information content (AvgIpc) is 3.44. The maximum absolute atomic E-state index is 12.3. The topological polar surface area (TPSA) is 160 Å². The molecule has 0 aromatic heterocycles. The van der Waals surface area contributed by atoms with Gasteiger partial charge in [-0.2, -0.15) is 26.3 Å². The Morgan fingerprint density at radius 2 is 0.618 bits per heavy atom. The third kappa shape index (κ3) is 13.7. The Kier molecular flexibility index (Phi) is 18.0. The Bertz CT molecular complexity index is 2910. The van der Waals surface area contributed by atoms with Crippen LogP contribution < -0.4 is 55.6 Å². The molecule has 0 saturated heterocycles. The molecule has 0 N–H and O–H groups in total. The smallest absolute Gasteiger partial charge is 0.416 e. The molecule has 384 valence electrons. The van der Waals surface area contributed by atoms with E-state index in [1.165, 1.54) is 24.3 Å². The Labute approximate surface area is 433 Å². The van der Waals surface area contributed by atoms with Crippen molar-refractivity contribution >= 4 is 65.5 Å². The predicted octanol–water partition coefficient (Wildman–Crippen LogP) is 10.6. The molecule has 11 nitrogen and oxygen atoms in total. The van der Waals surface area contributed by atoms with Gasteiger partial charge in [0.05, 0.1) is 38.9 Å². The van der Waals surface area contributed by atoms with Crippen LogP contribution in [0.25, 0.3) is 0 Å². The quantitative estimate of drug-likeness (QED) is 0.0339. The van der Waals surface area contributed by atoms with E-state index in [1.54, 1.807) is 24.3 Å². The van der Waals surface area contributed by atoms with Gasteiger partial charge in [-0.15, -0.1) is 0 Å². The summed E-state index contributed by atoms with van der Waals surface area (Å²) in [5, 5.41) is 49.0. The van der Waals surface area contributed by atoms with E-state index in [2.05, 4.69) is 77.5 Å². The fourth-order valence-corrected chi connectivity index (χ4v) is 14.6. The summed E-state index contributed by atoms with van der Waals surface area (Å²) >= 11 is 0. The molecule has 0 heterocycles. The summed E-state index contributed by atoms with van der Waals surface area (Å²) < 4.78 is 91.1. The molecule has 0 fully saturated rings. The lowest BCUT2D eigenvalue weighted by Gasteiger charge is -2.27. The molecule has 9 aromatic rings. The van der Waals surface area contributed by atoms with E-state index in [9.17, 15) is 56.6 Å². The first kappa shape index (κ1) is 55.4. The minimum absolute atomic E-state index is 0.00906. The van der Waals surface area contributed by atoms with Crippen molar-refractivity contribution < 1.29 is 59.9 Å². The van der Waals surface area contributed by atoms with E-state index < -0.39 is 61.4 Å². The second kappa shape index (κ2) is 24.8. The standard InChI is InChI=1S/2C24H19NO3P.C8H3BF6O3/c2*26-25(27)20-11-10-12-21(19-20)28-29(22-13-4-1-5-14-22,23-15-6-2-7-16-23)24-17-8-3-9-18-24;10-7(11,12)4-1-5(8(13,14)15)3-6(2-4)18-9(16)17/h2*1-19H;1-3H/q2*+1;-2. The number of alkyl halides is 6. The summed E-state index contributed by atoms with van der Waals surface area (Å²) in [6, 6.07) is 73.4. The second-order valence-electron chi connectivity index (χ2n) is 16.1. The summed E-state index contributed by atoms with van der Waals surface area (Å²) in [6.07, 6.45) is -10.1. The van der Waals surface area contributed by atoms with Gasteiger partial charge in [0.15, 0.2) is 11.5 Å². The maximum atomic E-state index is 12.3. The summed E-state index contributed by atoms with van der Waals surface area (Å²) in [5.41, 5.74) is -3.30. The number of benzene rings is 9. The lowest BCUT2D eigenvalue weighted by atomic mass is 10.1. The Morgan fingerprint density at radius 3 is 0.842 bits per heavy atom. The van der Waals surface area contributed by atoms with E-state index in [1.807, 2.05) is 109 Å². The van der Waals surface area contributed by atoms with Crippen LogP contribution in [0.5, 0.6) is 17.2 Å². The number of non-ortho nitro benzene ring substituents is 2. The zero-order chi connectivity index (χ0) is 54.4. The molecule has 76 heavy (non-hydrogen) atoms. The van der Waals surface area contributed by atoms with E-state index >= 15 is 0 Å². The first-order chi connectivity index (χ1) is 36.4. The average molecular weight is 1070 g/mol. The number of hydrogen-bond donors (Lipinski definition) is 0. The highest BCUT2D eigenvalue weighted by atomic mass is 31.2. The third-order valence-electron chi connectivity index (χ3n) is 11.1. The molecule has 0 saturated carbocycles. The normalized spacial score (nSPS) is 11.4. The first-order valence-electron chi connectivity index (χ1n) is 22.7. The zero-order valence-corrected chi connectivity index (χ0v) is 41.3. The number of hydrogen-bond acceptors (Lipinski definition) is 9. The van der Waals surface area contributed by atoms with Gasteiger partial charge in [-0.05, 0) is 103 Å². The Balaban J connectivity index is 0.000000171. The van der Waals surface area contributed by atoms with Crippen molar-refractivity contribution in [2.75, 3.05) is 0 Å². The molecule has 20 heteroatoms. The van der Waals surface area contributed by atoms with Crippen LogP contribution in [0.2, 0.25) is 0 Å². The highest BCUT2D eigenvalue weighted by molar-refractivity contribution is 7.92. The number of halogens is 6. The van der Waals surface area contributed by atoms with Crippen molar-refractivity contribution in [3.05, 3.63) is 280 Å². The first-order valence-corrected chi connectivity index (χ1v) is 26.1. The third-order valence-corrected chi connectivity index (χ3v) is 18.2. The lowest BCUT2D eigenvalue weighted by Crippen LogP contribution is -2.50. The lowest BCUT2D eigenvalue weighted by molar-refractivity contribution is -0.385. The van der Waals surface area contributed by atoms with Crippen molar-refractivity contribution in [1.82, 2.24) is 0 Å². The van der Waals surface area contributed by atoms with Crippen molar-refractivity contribution in [2.45, 2.75) is 12.4 Å². The number of nitro groups is 2. The molecule has 0 aliphatic rings. The second-order valence-corrected chi connectivity index (χ2v) is 22.0. The van der Waals surface area contributed by atoms with E-state index in [0.717, 1.165) is 31.8 Å². The molecule has 0 radical (unpaired) electrons. The number of nitrogens with zero attached hydrogens (tertiary/aromatic N) is 2. The fourth-order valence-electron chi connectivity index (χ4n) is 7.77. The highest BCUT2D eigenvalue weighted by Gasteiger charge is 2.51. The van der Waals surface area contributed by atoms with Crippen molar-refractivity contribution in [2.24, 2.45) is 0 Å². The molecular formula is C56H41BF6N2O9P2. The molecule has 9 rings (SSSR count). The van der Waals surface area contributed by atoms with Crippen molar-refractivity contribution in [3.63, 3.8) is 0 Å². The van der Waals surface area contributed by atoms with Crippen LogP contribution in [0.1, 0.15) is 11.1 Å². The maximum Gasteiger partial charge on any atom is 0.416 e. The molecule has 0 amide bonds. The van der Waals surface area contributed by atoms with Gasteiger partial charge < -0.3 is 23.7 Å². The molecular weight excluding hydrogens is 1030 g/mol. The van der Waals surface area contributed by atoms with Crippen LogP contribution in [0.15, 0.2) is 249 Å². The molecule has 0 aliphatic heterocycles. The monoisotopic (exact) mass is 1070 g/mol. The van der Waals surface area contributed by atoms with Crippen LogP contribution in [-0.4, -0.2) is 17.2 Å². The van der Waals surface area contributed by atoms with Crippen molar-refractivity contribution in [1.29, 1.82) is 0 Å². The van der Waals surface area contributed by atoms with Crippen LogP contribution in [0, 0.1) is 20.2 Å². The SMILES string of the molecule is O=[N+]([O-])c1cccc(O[P+](c2ccccc2)(c2ccccc2)c2ccccc2)c1.O=[N+]([O-])c1cccc(O[P+](c2ccccc2)(c2ccccc2)c2ccccc2)c1.[O-]B([O-])Oc1cc(C(F)(F)F)cc(C(F)(F)F)c1. The van der Waals surface area contributed by atoms with Gasteiger partial charge in [-0.25, -0.2) is 0 Å².